The number of thiazole rings is 1. The second-order valence-electron chi connectivity index (χ2n) is 9.41. The van der Waals surface area contributed by atoms with E-state index in [1.54, 1.807) is 22.7 Å². The van der Waals surface area contributed by atoms with Gasteiger partial charge in [0.1, 0.15) is 17.1 Å². The van der Waals surface area contributed by atoms with Gasteiger partial charge < -0.3 is 19.9 Å². The molecule has 0 spiro atoms. The first-order valence-electron chi connectivity index (χ1n) is 11.6. The quantitative estimate of drug-likeness (QED) is 0.408. The van der Waals surface area contributed by atoms with Gasteiger partial charge >= 0.3 is 6.09 Å². The molecule has 0 atom stereocenters. The van der Waals surface area contributed by atoms with Gasteiger partial charge in [0, 0.05) is 31.7 Å². The van der Waals surface area contributed by atoms with Crippen LogP contribution in [0.1, 0.15) is 20.8 Å². The van der Waals surface area contributed by atoms with Gasteiger partial charge in [-0.25, -0.2) is 29.1 Å². The van der Waals surface area contributed by atoms with Crippen LogP contribution in [-0.4, -0.2) is 62.7 Å². The van der Waals surface area contributed by atoms with E-state index in [-0.39, 0.29) is 17.7 Å². The van der Waals surface area contributed by atoms with Gasteiger partial charge in [-0.2, -0.15) is 0 Å². The molecule has 0 bridgehead atoms. The van der Waals surface area contributed by atoms with Crippen molar-refractivity contribution in [2.75, 3.05) is 36.4 Å². The van der Waals surface area contributed by atoms with Gasteiger partial charge in [0.15, 0.2) is 5.82 Å². The Balaban J connectivity index is 1.23. The number of nitrogens with zero attached hydrogens (tertiary/aromatic N) is 6. The van der Waals surface area contributed by atoms with Crippen LogP contribution in [0.3, 0.4) is 0 Å². The van der Waals surface area contributed by atoms with Gasteiger partial charge in [-0.05, 0) is 45.0 Å². The molecule has 1 amide bonds. The summed E-state index contributed by atoms with van der Waals surface area (Å²) in [5.74, 6) is 0.293. The van der Waals surface area contributed by atoms with Crippen molar-refractivity contribution in [2.24, 2.45) is 0 Å². The predicted molar refractivity (Wildman–Crippen MR) is 138 cm³/mol. The van der Waals surface area contributed by atoms with Crippen molar-refractivity contribution in [3.63, 3.8) is 0 Å². The number of carbonyl (C=O) groups is 1. The molecule has 4 heterocycles. The number of hydrogen-bond donors (Lipinski definition) is 1. The van der Waals surface area contributed by atoms with Gasteiger partial charge in [0.2, 0.25) is 5.95 Å². The highest BCUT2D eigenvalue weighted by Gasteiger charge is 2.26. The number of ether oxygens (including phenoxy) is 1. The zero-order valence-corrected chi connectivity index (χ0v) is 21.0. The van der Waals surface area contributed by atoms with E-state index in [9.17, 15) is 9.18 Å². The zero-order chi connectivity index (χ0) is 25.3. The molecule has 3 aromatic heterocycles. The third-order valence-corrected chi connectivity index (χ3v) is 6.42. The Hall–Kier alpha value is -3.86. The Morgan fingerprint density at radius 2 is 1.86 bits per heavy atom. The van der Waals surface area contributed by atoms with Gasteiger partial charge in [-0.1, -0.05) is 6.07 Å². The Kier molecular flexibility index (Phi) is 6.40. The van der Waals surface area contributed by atoms with Gasteiger partial charge in [-0.15, -0.1) is 11.3 Å². The normalized spacial score (nSPS) is 14.2. The summed E-state index contributed by atoms with van der Waals surface area (Å²) in [6, 6.07) is 9.29. The molecule has 9 nitrogen and oxygen atoms in total. The van der Waals surface area contributed by atoms with E-state index in [1.165, 1.54) is 11.3 Å². The van der Waals surface area contributed by atoms with Crippen LogP contribution in [0.2, 0.25) is 0 Å². The van der Waals surface area contributed by atoms with E-state index in [4.69, 9.17) is 4.74 Å². The molecule has 1 aliphatic heterocycles. The molecule has 0 aliphatic carbocycles. The summed E-state index contributed by atoms with van der Waals surface area (Å²) in [6.45, 7) is 8.11. The van der Waals surface area contributed by atoms with Crippen molar-refractivity contribution in [1.82, 2.24) is 24.8 Å². The summed E-state index contributed by atoms with van der Waals surface area (Å²) in [5.41, 5.74) is 3.93. The molecule has 4 aromatic rings. The second-order valence-corrected chi connectivity index (χ2v) is 10.3. The van der Waals surface area contributed by atoms with E-state index < -0.39 is 11.4 Å². The van der Waals surface area contributed by atoms with Crippen LogP contribution in [0, 0.1) is 5.82 Å². The highest BCUT2D eigenvalue weighted by Crippen LogP contribution is 2.28. The first-order chi connectivity index (χ1) is 17.2. The SMILES string of the molecule is CC(C)(C)OC(=O)N1CCN(c2ccc(Nc3ncc(F)c(-c4ccc5ncsc5c4)n3)nc2)CC1. The van der Waals surface area contributed by atoms with E-state index >= 15 is 0 Å². The smallest absolute Gasteiger partial charge is 0.410 e. The summed E-state index contributed by atoms with van der Waals surface area (Å²) >= 11 is 1.49. The molecule has 0 unspecified atom stereocenters. The Labute approximate surface area is 212 Å². The minimum Gasteiger partial charge on any atom is -0.444 e. The first-order valence-corrected chi connectivity index (χ1v) is 12.5. The molecule has 1 saturated heterocycles. The molecule has 5 rings (SSSR count). The van der Waals surface area contributed by atoms with E-state index in [2.05, 4.69) is 30.2 Å². The molecule has 1 fully saturated rings. The average Bonchev–Trinajstić information content (AvgIpc) is 3.33. The summed E-state index contributed by atoms with van der Waals surface area (Å²) in [7, 11) is 0. The van der Waals surface area contributed by atoms with Crippen molar-refractivity contribution in [3.05, 3.63) is 54.1 Å². The number of aromatic nitrogens is 4. The third kappa shape index (κ3) is 5.35. The number of piperazine rings is 1. The minimum absolute atomic E-state index is 0.210. The van der Waals surface area contributed by atoms with Crippen LogP contribution < -0.4 is 10.2 Å². The largest absolute Gasteiger partial charge is 0.444 e. The lowest BCUT2D eigenvalue weighted by atomic mass is 10.1. The molecular weight excluding hydrogens is 481 g/mol. The summed E-state index contributed by atoms with van der Waals surface area (Å²) < 4.78 is 20.9. The number of fused-ring (bicyclic) bond motifs is 1. The molecule has 0 radical (unpaired) electrons. The number of rotatable bonds is 4. The number of anilines is 3. The highest BCUT2D eigenvalue weighted by molar-refractivity contribution is 7.16. The lowest BCUT2D eigenvalue weighted by molar-refractivity contribution is 0.0240. The minimum atomic E-state index is -0.509. The van der Waals surface area contributed by atoms with Crippen molar-refractivity contribution >= 4 is 45.1 Å². The topological polar surface area (TPSA) is 96.4 Å². The fourth-order valence-corrected chi connectivity index (χ4v) is 4.58. The van der Waals surface area contributed by atoms with Crippen LogP contribution in [0.5, 0.6) is 0 Å². The molecule has 0 saturated carbocycles. The fourth-order valence-electron chi connectivity index (χ4n) is 3.87. The Bertz CT molecular complexity index is 1380. The maximum absolute atomic E-state index is 14.5. The van der Waals surface area contributed by atoms with E-state index in [1.807, 2.05) is 45.0 Å². The summed E-state index contributed by atoms with van der Waals surface area (Å²) in [6.07, 6.45) is 2.62. The van der Waals surface area contributed by atoms with Crippen LogP contribution in [-0.2, 0) is 4.74 Å². The maximum Gasteiger partial charge on any atom is 0.410 e. The average molecular weight is 508 g/mol. The molecule has 1 aliphatic rings. The van der Waals surface area contributed by atoms with Crippen LogP contribution in [0.4, 0.5) is 26.6 Å². The monoisotopic (exact) mass is 507 g/mol. The fraction of sp³-hybridized carbons (Fsp3) is 0.320. The molecule has 36 heavy (non-hydrogen) atoms. The summed E-state index contributed by atoms with van der Waals surface area (Å²) in [4.78, 5) is 33.4. The molecule has 11 heteroatoms. The number of nitrogens with one attached hydrogen (secondary N) is 1. The molecular formula is C25H26FN7O2S. The van der Waals surface area contributed by atoms with Gasteiger partial charge in [0.05, 0.1) is 33.8 Å². The van der Waals surface area contributed by atoms with Crippen LogP contribution in [0.15, 0.2) is 48.2 Å². The van der Waals surface area contributed by atoms with E-state index in [0.29, 0.717) is 37.6 Å². The van der Waals surface area contributed by atoms with E-state index in [0.717, 1.165) is 22.1 Å². The Morgan fingerprint density at radius 1 is 1.06 bits per heavy atom. The number of pyridine rings is 1. The molecule has 1 N–H and O–H groups in total. The Morgan fingerprint density at radius 3 is 2.58 bits per heavy atom. The molecule has 186 valence electrons. The van der Waals surface area contributed by atoms with Crippen LogP contribution >= 0.6 is 11.3 Å². The maximum atomic E-state index is 14.5. The second kappa shape index (κ2) is 9.65. The molecule has 1 aromatic carbocycles. The third-order valence-electron chi connectivity index (χ3n) is 5.63. The zero-order valence-electron chi connectivity index (χ0n) is 20.2. The number of hydrogen-bond acceptors (Lipinski definition) is 9. The van der Waals surface area contributed by atoms with Crippen molar-refractivity contribution in [2.45, 2.75) is 26.4 Å². The van der Waals surface area contributed by atoms with Crippen LogP contribution in [0.25, 0.3) is 21.5 Å². The lowest BCUT2D eigenvalue weighted by Crippen LogP contribution is -2.50. The first kappa shape index (κ1) is 23.9. The van der Waals surface area contributed by atoms with Gasteiger partial charge in [-0.3, -0.25) is 0 Å². The van der Waals surface area contributed by atoms with Gasteiger partial charge in [0.25, 0.3) is 0 Å². The predicted octanol–water partition coefficient (Wildman–Crippen LogP) is 5.09. The number of halogens is 1. The highest BCUT2D eigenvalue weighted by atomic mass is 32.1. The number of benzene rings is 1. The number of amides is 1. The standard InChI is InChI=1S/C25H26FN7O2S/c1-25(2,3)35-24(34)33-10-8-32(9-11-33)17-5-7-21(27-13-17)30-23-28-14-18(26)22(31-23)16-4-6-19-20(12-16)36-15-29-19/h4-7,12-15H,8-11H2,1-3H3,(H,27,28,30,31). The lowest BCUT2D eigenvalue weighted by Gasteiger charge is -2.36. The number of carbonyl (C=O) groups excluding carboxylic acids is 1. The van der Waals surface area contributed by atoms with Crippen molar-refractivity contribution in [1.29, 1.82) is 0 Å². The van der Waals surface area contributed by atoms with Crippen molar-refractivity contribution < 1.29 is 13.9 Å². The summed E-state index contributed by atoms with van der Waals surface area (Å²) in [5, 5.41) is 3.05. The van der Waals surface area contributed by atoms with Crippen molar-refractivity contribution in [3.8, 4) is 11.3 Å².